The summed E-state index contributed by atoms with van der Waals surface area (Å²) in [4.78, 5) is 23.1. The molecule has 1 heterocycles. The Balaban J connectivity index is 1.88. The number of carbonyl (C=O) groups is 2. The molecule has 0 amide bonds. The molecule has 5 nitrogen and oxygen atoms in total. The molecule has 1 aromatic heterocycles. The molecule has 0 N–H and O–H groups in total. The summed E-state index contributed by atoms with van der Waals surface area (Å²) in [5, 5.41) is 7.58. The van der Waals surface area contributed by atoms with Gasteiger partial charge in [0.2, 0.25) is 5.78 Å². The van der Waals surface area contributed by atoms with E-state index in [4.69, 9.17) is 4.63 Å². The van der Waals surface area contributed by atoms with Gasteiger partial charge in [-0.05, 0) is 34.9 Å². The highest BCUT2D eigenvalue weighted by Crippen LogP contribution is 2.30. The summed E-state index contributed by atoms with van der Waals surface area (Å²) in [7, 11) is 0. The van der Waals surface area contributed by atoms with E-state index >= 15 is 0 Å². The molecule has 0 saturated heterocycles. The number of aromatic nitrogens is 2. The van der Waals surface area contributed by atoms with Crippen LogP contribution in [-0.4, -0.2) is 22.4 Å². The highest BCUT2D eigenvalue weighted by Gasteiger charge is 2.16. The Hall–Kier alpha value is -2.47. The molecule has 0 radical (unpaired) electrons. The largest absolute Gasteiger partial charge is 0.294 e. The van der Waals surface area contributed by atoms with Crippen molar-refractivity contribution in [2.45, 2.75) is 17.6 Å². The molecule has 0 aliphatic rings. The second kappa shape index (κ2) is 6.11. The van der Waals surface area contributed by atoms with Crippen molar-refractivity contribution in [2.24, 2.45) is 0 Å². The Morgan fingerprint density at radius 2 is 1.86 bits per heavy atom. The van der Waals surface area contributed by atoms with Gasteiger partial charge in [0.15, 0.2) is 6.29 Å². The molecule has 110 valence electrons. The van der Waals surface area contributed by atoms with Crippen molar-refractivity contribution >= 4 is 34.9 Å². The van der Waals surface area contributed by atoms with Crippen LogP contribution >= 0.6 is 11.8 Å². The number of rotatable bonds is 5. The first-order chi connectivity index (χ1) is 10.7. The molecule has 2 aromatic carbocycles. The van der Waals surface area contributed by atoms with E-state index in [9.17, 15) is 9.59 Å². The van der Waals surface area contributed by atoms with Crippen LogP contribution in [0.1, 0.15) is 21.5 Å². The Kier molecular flexibility index (Phi) is 4.02. The van der Waals surface area contributed by atoms with E-state index in [2.05, 4.69) is 34.6 Å². The number of hydrogen-bond donors (Lipinski definition) is 0. The molecule has 6 heteroatoms. The minimum Gasteiger partial charge on any atom is -0.294 e. The standard InChI is InChI=1S/C16H12N2O3S/c1-10-2-4-11(5-3-10)9-22-14-7-6-12(13(20)8-19)15-16(14)18-21-17-15/h2-8H,9H2,1H3. The number of thioether (sulfide) groups is 1. The zero-order chi connectivity index (χ0) is 15.5. The minimum absolute atomic E-state index is 0.214. The molecule has 0 unspecified atom stereocenters. The average Bonchev–Trinajstić information content (AvgIpc) is 3.03. The second-order valence-electron chi connectivity index (χ2n) is 4.83. The molecule has 0 aliphatic carbocycles. The van der Waals surface area contributed by atoms with Gasteiger partial charge in [-0.2, -0.15) is 0 Å². The Morgan fingerprint density at radius 1 is 1.14 bits per heavy atom. The fourth-order valence-corrected chi connectivity index (χ4v) is 3.02. The molecule has 0 aliphatic heterocycles. The molecule has 0 atom stereocenters. The van der Waals surface area contributed by atoms with E-state index in [1.165, 1.54) is 11.1 Å². The van der Waals surface area contributed by atoms with E-state index < -0.39 is 5.78 Å². The van der Waals surface area contributed by atoms with Crippen LogP contribution in [-0.2, 0) is 10.5 Å². The van der Waals surface area contributed by atoms with Gasteiger partial charge in [-0.15, -0.1) is 11.8 Å². The Labute approximate surface area is 130 Å². The van der Waals surface area contributed by atoms with Crippen LogP contribution < -0.4 is 0 Å². The van der Waals surface area contributed by atoms with Crippen LogP contribution in [0.15, 0.2) is 45.9 Å². The maximum absolute atomic E-state index is 11.6. The van der Waals surface area contributed by atoms with Crippen molar-refractivity contribution in [3.8, 4) is 0 Å². The molecule has 0 spiro atoms. The molecule has 3 rings (SSSR count). The predicted octanol–water partition coefficient (Wildman–Crippen LogP) is 3.21. The first kappa shape index (κ1) is 14.5. The maximum atomic E-state index is 11.6. The normalized spacial score (nSPS) is 10.8. The molecular formula is C16H12N2O3S. The van der Waals surface area contributed by atoms with Crippen molar-refractivity contribution in [3.05, 3.63) is 53.1 Å². The van der Waals surface area contributed by atoms with Gasteiger partial charge >= 0.3 is 0 Å². The van der Waals surface area contributed by atoms with Gasteiger partial charge < -0.3 is 0 Å². The second-order valence-corrected chi connectivity index (χ2v) is 5.85. The van der Waals surface area contributed by atoms with Gasteiger partial charge in [0.05, 0.1) is 5.56 Å². The number of aldehydes is 1. The monoisotopic (exact) mass is 312 g/mol. The fourth-order valence-electron chi connectivity index (χ4n) is 2.07. The SMILES string of the molecule is Cc1ccc(CSc2ccc(C(=O)C=O)c3nonc23)cc1. The summed E-state index contributed by atoms with van der Waals surface area (Å²) in [6.07, 6.45) is 0.266. The van der Waals surface area contributed by atoms with E-state index in [0.717, 1.165) is 10.6 Å². The van der Waals surface area contributed by atoms with E-state index in [-0.39, 0.29) is 11.8 Å². The molecule has 22 heavy (non-hydrogen) atoms. The third-order valence-corrected chi connectivity index (χ3v) is 4.38. The van der Waals surface area contributed by atoms with Crippen LogP contribution in [0, 0.1) is 6.92 Å². The molecular weight excluding hydrogens is 300 g/mol. The van der Waals surface area contributed by atoms with Crippen molar-refractivity contribution in [2.75, 3.05) is 0 Å². The predicted molar refractivity (Wildman–Crippen MR) is 82.9 cm³/mol. The third-order valence-electron chi connectivity index (χ3n) is 3.27. The van der Waals surface area contributed by atoms with Crippen LogP contribution in [0.2, 0.25) is 0 Å². The third kappa shape index (κ3) is 2.78. The summed E-state index contributed by atoms with van der Waals surface area (Å²) >= 11 is 1.58. The minimum atomic E-state index is -0.629. The van der Waals surface area contributed by atoms with Crippen LogP contribution in [0.25, 0.3) is 11.0 Å². The number of aryl methyl sites for hydroxylation is 1. The molecule has 3 aromatic rings. The summed E-state index contributed by atoms with van der Waals surface area (Å²) in [6, 6.07) is 11.6. The zero-order valence-electron chi connectivity index (χ0n) is 11.8. The van der Waals surface area contributed by atoms with Gasteiger partial charge in [0.25, 0.3) is 0 Å². The number of nitrogens with zero attached hydrogens (tertiary/aromatic N) is 2. The van der Waals surface area contributed by atoms with E-state index in [1.54, 1.807) is 23.9 Å². The summed E-state index contributed by atoms with van der Waals surface area (Å²) in [5.74, 6) is 0.138. The Morgan fingerprint density at radius 3 is 2.59 bits per heavy atom. The lowest BCUT2D eigenvalue weighted by Gasteiger charge is -2.04. The van der Waals surface area contributed by atoms with Crippen molar-refractivity contribution < 1.29 is 14.2 Å². The smallest absolute Gasteiger partial charge is 0.227 e. The lowest BCUT2D eigenvalue weighted by Crippen LogP contribution is -2.01. The van der Waals surface area contributed by atoms with Gasteiger partial charge in [0.1, 0.15) is 11.0 Å². The summed E-state index contributed by atoms with van der Waals surface area (Å²) in [6.45, 7) is 2.05. The highest BCUT2D eigenvalue weighted by atomic mass is 32.2. The molecule has 0 bridgehead atoms. The number of hydrogen-bond acceptors (Lipinski definition) is 6. The first-order valence-electron chi connectivity index (χ1n) is 6.62. The number of benzene rings is 2. The quantitative estimate of drug-likeness (QED) is 0.312. The maximum Gasteiger partial charge on any atom is 0.227 e. The van der Waals surface area contributed by atoms with Gasteiger partial charge in [-0.1, -0.05) is 29.8 Å². The van der Waals surface area contributed by atoms with Crippen LogP contribution in [0.5, 0.6) is 0 Å². The van der Waals surface area contributed by atoms with Crippen molar-refractivity contribution in [3.63, 3.8) is 0 Å². The van der Waals surface area contributed by atoms with Gasteiger partial charge in [-0.25, -0.2) is 4.63 Å². The van der Waals surface area contributed by atoms with Crippen LogP contribution in [0.4, 0.5) is 0 Å². The van der Waals surface area contributed by atoms with Crippen molar-refractivity contribution in [1.29, 1.82) is 0 Å². The molecule has 0 fully saturated rings. The summed E-state index contributed by atoms with van der Waals surface area (Å²) < 4.78 is 4.73. The first-order valence-corrected chi connectivity index (χ1v) is 7.60. The number of ketones is 1. The Bertz CT molecular complexity index is 840. The fraction of sp³-hybridized carbons (Fsp3) is 0.125. The zero-order valence-corrected chi connectivity index (χ0v) is 12.6. The van der Waals surface area contributed by atoms with Crippen molar-refractivity contribution in [1.82, 2.24) is 10.3 Å². The average molecular weight is 312 g/mol. The van der Waals surface area contributed by atoms with Gasteiger partial charge in [0, 0.05) is 10.6 Å². The molecule has 0 saturated carbocycles. The van der Waals surface area contributed by atoms with E-state index in [1.807, 2.05) is 6.92 Å². The number of fused-ring (bicyclic) bond motifs is 1. The number of carbonyl (C=O) groups excluding carboxylic acids is 2. The van der Waals surface area contributed by atoms with E-state index in [0.29, 0.717) is 11.0 Å². The highest BCUT2D eigenvalue weighted by molar-refractivity contribution is 7.98. The topological polar surface area (TPSA) is 73.1 Å². The van der Waals surface area contributed by atoms with Crippen LogP contribution in [0.3, 0.4) is 0 Å². The lowest BCUT2D eigenvalue weighted by atomic mass is 10.1. The van der Waals surface area contributed by atoms with Gasteiger partial charge in [-0.3, -0.25) is 9.59 Å². The summed E-state index contributed by atoms with van der Waals surface area (Å²) in [5.41, 5.74) is 3.45. The number of Topliss-reactive ketones (excluding diaryl/α,β-unsaturated/α-hetero) is 1. The lowest BCUT2D eigenvalue weighted by molar-refractivity contribution is -0.104.